The van der Waals surface area contributed by atoms with Gasteiger partial charge in [0.2, 0.25) is 21.8 Å². The Hall–Kier alpha value is -3.85. The number of amides is 2. The van der Waals surface area contributed by atoms with Crippen molar-refractivity contribution >= 4 is 27.5 Å². The van der Waals surface area contributed by atoms with Gasteiger partial charge in [0.05, 0.1) is 11.9 Å². The number of benzene rings is 3. The largest absolute Gasteiger partial charge is 0.457 e. The van der Waals surface area contributed by atoms with Gasteiger partial charge in [-0.25, -0.2) is 8.42 Å². The Morgan fingerprint density at radius 2 is 1.46 bits per heavy atom. The topological polar surface area (TPSA) is 96.0 Å². The summed E-state index contributed by atoms with van der Waals surface area (Å²) in [5.74, 6) is 0.399. The van der Waals surface area contributed by atoms with Gasteiger partial charge in [-0.05, 0) is 55.3 Å². The van der Waals surface area contributed by atoms with Crippen LogP contribution in [0.25, 0.3) is 0 Å². The molecule has 0 aliphatic carbocycles. The highest BCUT2D eigenvalue weighted by atomic mass is 32.2. The average molecular weight is 524 g/mol. The molecule has 0 spiro atoms. The smallest absolute Gasteiger partial charge is 0.244 e. The molecule has 0 saturated heterocycles. The summed E-state index contributed by atoms with van der Waals surface area (Å²) in [6.45, 7) is 3.80. The summed E-state index contributed by atoms with van der Waals surface area (Å²) in [6, 6.07) is 24.2. The van der Waals surface area contributed by atoms with Crippen molar-refractivity contribution < 1.29 is 22.7 Å². The van der Waals surface area contributed by atoms with E-state index in [0.717, 1.165) is 22.5 Å². The molecule has 196 valence electrons. The molecule has 1 N–H and O–H groups in total. The molecular weight excluding hydrogens is 490 g/mol. The maximum absolute atomic E-state index is 13.5. The van der Waals surface area contributed by atoms with Gasteiger partial charge in [-0.1, -0.05) is 55.5 Å². The van der Waals surface area contributed by atoms with E-state index in [0.29, 0.717) is 23.7 Å². The molecule has 3 aromatic carbocycles. The van der Waals surface area contributed by atoms with Crippen molar-refractivity contribution in [1.29, 1.82) is 0 Å². The highest BCUT2D eigenvalue weighted by Gasteiger charge is 2.30. The minimum absolute atomic E-state index is 0.168. The van der Waals surface area contributed by atoms with Crippen LogP contribution < -0.4 is 14.4 Å². The molecule has 0 aromatic heterocycles. The Balaban J connectivity index is 1.83. The van der Waals surface area contributed by atoms with Crippen molar-refractivity contribution in [1.82, 2.24) is 10.2 Å². The zero-order valence-corrected chi connectivity index (χ0v) is 22.1. The number of carbonyl (C=O) groups excluding carboxylic acids is 2. The van der Waals surface area contributed by atoms with Crippen molar-refractivity contribution in [2.45, 2.75) is 32.9 Å². The molecule has 0 radical (unpaired) electrons. The second kappa shape index (κ2) is 12.9. The lowest BCUT2D eigenvalue weighted by atomic mass is 10.1. The molecule has 0 bridgehead atoms. The van der Waals surface area contributed by atoms with Gasteiger partial charge in [0.1, 0.15) is 24.1 Å². The fourth-order valence-corrected chi connectivity index (χ4v) is 4.53. The molecule has 0 aliphatic rings. The number of ether oxygens (including phenoxy) is 1. The fraction of sp³-hybridized carbons (Fsp3) is 0.286. The van der Waals surface area contributed by atoms with Crippen LogP contribution in [0.5, 0.6) is 11.5 Å². The Bertz CT molecular complexity index is 1270. The number of carbonyl (C=O) groups is 2. The molecule has 37 heavy (non-hydrogen) atoms. The van der Waals surface area contributed by atoms with Crippen LogP contribution in [-0.4, -0.2) is 50.5 Å². The van der Waals surface area contributed by atoms with Crippen molar-refractivity contribution in [3.8, 4) is 11.5 Å². The summed E-state index contributed by atoms with van der Waals surface area (Å²) in [5.41, 5.74) is 1.15. The number of sulfonamides is 1. The number of anilines is 1. The zero-order chi connectivity index (χ0) is 26.8. The lowest BCUT2D eigenvalue weighted by Crippen LogP contribution is -2.51. The van der Waals surface area contributed by atoms with E-state index in [9.17, 15) is 18.0 Å². The quantitative estimate of drug-likeness (QED) is 0.384. The SMILES string of the molecule is CCCNC(=O)[C@@H](C)N(Cc1ccccc1)C(=O)CN(c1ccc(Oc2ccccc2)cc1)S(C)(=O)=O. The van der Waals surface area contributed by atoms with E-state index in [4.69, 9.17) is 4.74 Å². The van der Waals surface area contributed by atoms with Crippen LogP contribution in [0.4, 0.5) is 5.69 Å². The lowest BCUT2D eigenvalue weighted by molar-refractivity contribution is -0.139. The van der Waals surface area contributed by atoms with E-state index in [1.165, 1.54) is 4.90 Å². The first kappa shape index (κ1) is 27.7. The van der Waals surface area contributed by atoms with E-state index in [1.807, 2.05) is 67.6 Å². The second-order valence-corrected chi connectivity index (χ2v) is 10.6. The third-order valence-corrected chi connectivity index (χ3v) is 6.84. The van der Waals surface area contributed by atoms with Gasteiger partial charge in [-0.15, -0.1) is 0 Å². The van der Waals surface area contributed by atoms with Crippen molar-refractivity contribution in [3.63, 3.8) is 0 Å². The zero-order valence-electron chi connectivity index (χ0n) is 21.3. The van der Waals surface area contributed by atoms with Crippen molar-refractivity contribution in [3.05, 3.63) is 90.5 Å². The molecule has 3 rings (SSSR count). The fourth-order valence-electron chi connectivity index (χ4n) is 3.68. The maximum atomic E-state index is 13.5. The third-order valence-electron chi connectivity index (χ3n) is 5.70. The van der Waals surface area contributed by atoms with Crippen LogP contribution in [0.1, 0.15) is 25.8 Å². The second-order valence-electron chi connectivity index (χ2n) is 8.65. The van der Waals surface area contributed by atoms with Gasteiger partial charge in [0.25, 0.3) is 0 Å². The summed E-state index contributed by atoms with van der Waals surface area (Å²) < 4.78 is 32.3. The van der Waals surface area contributed by atoms with Gasteiger partial charge in [0, 0.05) is 13.1 Å². The van der Waals surface area contributed by atoms with Crippen LogP contribution in [0.15, 0.2) is 84.9 Å². The average Bonchev–Trinajstić information content (AvgIpc) is 2.89. The first-order valence-corrected chi connectivity index (χ1v) is 14.0. The van der Waals surface area contributed by atoms with Gasteiger partial charge >= 0.3 is 0 Å². The number of hydrogen-bond acceptors (Lipinski definition) is 5. The number of para-hydroxylation sites is 1. The van der Waals surface area contributed by atoms with Crippen LogP contribution in [0.2, 0.25) is 0 Å². The summed E-state index contributed by atoms with van der Waals surface area (Å²) >= 11 is 0. The Morgan fingerprint density at radius 1 is 0.892 bits per heavy atom. The predicted octanol–water partition coefficient (Wildman–Crippen LogP) is 4.19. The number of hydrogen-bond donors (Lipinski definition) is 1. The molecule has 9 heteroatoms. The minimum Gasteiger partial charge on any atom is -0.457 e. The molecule has 0 unspecified atom stereocenters. The summed E-state index contributed by atoms with van der Waals surface area (Å²) in [5, 5.41) is 2.82. The Morgan fingerprint density at radius 3 is 2.03 bits per heavy atom. The molecule has 3 aromatic rings. The Labute approximate surface area is 218 Å². The van der Waals surface area contributed by atoms with Gasteiger partial charge in [-0.3, -0.25) is 13.9 Å². The van der Waals surface area contributed by atoms with Gasteiger partial charge < -0.3 is 15.0 Å². The van der Waals surface area contributed by atoms with Gasteiger partial charge in [0.15, 0.2) is 0 Å². The van der Waals surface area contributed by atoms with Crippen LogP contribution in [0.3, 0.4) is 0 Å². The molecule has 0 saturated carbocycles. The monoisotopic (exact) mass is 523 g/mol. The lowest BCUT2D eigenvalue weighted by Gasteiger charge is -2.31. The first-order chi connectivity index (χ1) is 17.7. The number of rotatable bonds is 12. The highest BCUT2D eigenvalue weighted by Crippen LogP contribution is 2.26. The molecule has 8 nitrogen and oxygen atoms in total. The van der Waals surface area contributed by atoms with E-state index in [-0.39, 0.29) is 12.5 Å². The molecule has 1 atom stereocenters. The highest BCUT2D eigenvalue weighted by molar-refractivity contribution is 7.92. The van der Waals surface area contributed by atoms with E-state index in [2.05, 4.69) is 5.32 Å². The molecular formula is C28H33N3O5S. The molecule has 2 amide bonds. The maximum Gasteiger partial charge on any atom is 0.244 e. The van der Waals surface area contributed by atoms with Crippen molar-refractivity contribution in [2.75, 3.05) is 23.7 Å². The van der Waals surface area contributed by atoms with E-state index in [1.54, 1.807) is 31.2 Å². The third kappa shape index (κ3) is 8.08. The van der Waals surface area contributed by atoms with Crippen LogP contribution >= 0.6 is 0 Å². The van der Waals surface area contributed by atoms with Crippen molar-refractivity contribution in [2.24, 2.45) is 0 Å². The van der Waals surface area contributed by atoms with E-state index < -0.39 is 28.5 Å². The minimum atomic E-state index is -3.81. The molecule has 0 heterocycles. The van der Waals surface area contributed by atoms with Crippen LogP contribution in [-0.2, 0) is 26.2 Å². The first-order valence-electron chi connectivity index (χ1n) is 12.1. The number of nitrogens with one attached hydrogen (secondary N) is 1. The predicted molar refractivity (Wildman–Crippen MR) is 145 cm³/mol. The molecule has 0 aliphatic heterocycles. The number of nitrogens with zero attached hydrogens (tertiary/aromatic N) is 2. The summed E-state index contributed by atoms with van der Waals surface area (Å²) in [7, 11) is -3.81. The van der Waals surface area contributed by atoms with Gasteiger partial charge in [-0.2, -0.15) is 0 Å². The van der Waals surface area contributed by atoms with E-state index >= 15 is 0 Å². The molecule has 0 fully saturated rings. The van der Waals surface area contributed by atoms with Crippen LogP contribution in [0, 0.1) is 0 Å². The Kier molecular flexibility index (Phi) is 9.68. The standard InChI is InChI=1S/C28H33N3O5S/c1-4-19-29-28(33)22(2)30(20-23-11-7-5-8-12-23)27(32)21-31(37(3,34)35)24-15-17-26(18-16-24)36-25-13-9-6-10-14-25/h5-18,22H,4,19-21H2,1-3H3,(H,29,33)/t22-/m1/s1. The summed E-state index contributed by atoms with van der Waals surface area (Å²) in [4.78, 5) is 27.7. The summed E-state index contributed by atoms with van der Waals surface area (Å²) in [6.07, 6.45) is 1.81. The normalized spacial score (nSPS) is 11.9.